The molecular formula is C20H18N4O2S. The number of H-pyrrole nitrogens is 1. The highest BCUT2D eigenvalue weighted by atomic mass is 32.2. The molecule has 0 aliphatic heterocycles. The molecule has 0 amide bonds. The van der Waals surface area contributed by atoms with Crippen molar-refractivity contribution in [2.24, 2.45) is 0 Å². The summed E-state index contributed by atoms with van der Waals surface area (Å²) in [5, 5.41) is 10.5. The molecule has 0 radical (unpaired) electrons. The Morgan fingerprint density at radius 3 is 2.74 bits per heavy atom. The van der Waals surface area contributed by atoms with Gasteiger partial charge in [0.15, 0.2) is 11.0 Å². The fourth-order valence-electron chi connectivity index (χ4n) is 3.01. The van der Waals surface area contributed by atoms with Gasteiger partial charge in [-0.2, -0.15) is 0 Å². The Kier molecular flexibility index (Phi) is 4.68. The summed E-state index contributed by atoms with van der Waals surface area (Å²) in [6, 6.07) is 16.1. The molecule has 0 aliphatic carbocycles. The molecule has 2 aromatic carbocycles. The summed E-state index contributed by atoms with van der Waals surface area (Å²) < 4.78 is 6.75. The molecule has 1 N–H and O–H groups in total. The van der Waals surface area contributed by atoms with Crippen molar-refractivity contribution in [2.45, 2.75) is 12.1 Å². The average Bonchev–Trinajstić information content (AvgIpc) is 3.30. The molecule has 2 heterocycles. The van der Waals surface area contributed by atoms with Crippen molar-refractivity contribution in [1.29, 1.82) is 0 Å². The molecule has 2 aromatic heterocycles. The average molecular weight is 378 g/mol. The van der Waals surface area contributed by atoms with Crippen LogP contribution in [0.4, 0.5) is 0 Å². The van der Waals surface area contributed by atoms with Crippen LogP contribution >= 0.6 is 11.8 Å². The normalized spacial score (nSPS) is 11.0. The van der Waals surface area contributed by atoms with E-state index in [9.17, 15) is 4.79 Å². The van der Waals surface area contributed by atoms with Gasteiger partial charge in [-0.25, -0.2) is 0 Å². The minimum Gasteiger partial charge on any atom is -0.468 e. The monoisotopic (exact) mass is 378 g/mol. The second-order valence-corrected chi connectivity index (χ2v) is 6.98. The largest absolute Gasteiger partial charge is 0.468 e. The van der Waals surface area contributed by atoms with Gasteiger partial charge in [-0.15, -0.1) is 10.2 Å². The van der Waals surface area contributed by atoms with Crippen LogP contribution in [0.5, 0.6) is 0 Å². The van der Waals surface area contributed by atoms with E-state index in [0.717, 1.165) is 33.5 Å². The number of nitrogens with zero attached hydrogens (tertiary/aromatic N) is 3. The predicted octanol–water partition coefficient (Wildman–Crippen LogP) is 3.99. The van der Waals surface area contributed by atoms with Gasteiger partial charge in [-0.1, -0.05) is 48.2 Å². The van der Waals surface area contributed by atoms with Gasteiger partial charge in [0.1, 0.15) is 0 Å². The fraction of sp³-hybridized carbons (Fsp3) is 0.150. The number of ether oxygens (including phenoxy) is 1. The van der Waals surface area contributed by atoms with Crippen molar-refractivity contribution in [3.8, 4) is 17.1 Å². The summed E-state index contributed by atoms with van der Waals surface area (Å²) in [6.07, 6.45) is 1.94. The number of esters is 1. The lowest BCUT2D eigenvalue weighted by molar-refractivity contribution is -0.137. The molecule has 0 bridgehead atoms. The first kappa shape index (κ1) is 17.4. The molecule has 0 atom stereocenters. The molecule has 4 rings (SSSR count). The summed E-state index contributed by atoms with van der Waals surface area (Å²) in [5.41, 5.74) is 4.08. The van der Waals surface area contributed by atoms with Crippen LogP contribution in [0.25, 0.3) is 28.0 Å². The Hall–Kier alpha value is -3.06. The number of rotatable bonds is 5. The standard InChI is InChI=1S/C20H18N4O2S/c1-13-7-3-6-10-17(13)24-19(22-23-20(24)27-12-18(25)26-2)15-11-21-16-9-5-4-8-14(15)16/h3-11,21H,12H2,1-2H3. The van der Waals surface area contributed by atoms with Crippen LogP contribution in [0.1, 0.15) is 5.56 Å². The summed E-state index contributed by atoms with van der Waals surface area (Å²) in [5.74, 6) is 0.607. The van der Waals surface area contributed by atoms with Gasteiger partial charge in [0, 0.05) is 22.7 Å². The lowest BCUT2D eigenvalue weighted by Gasteiger charge is -2.12. The van der Waals surface area contributed by atoms with Crippen molar-refractivity contribution < 1.29 is 9.53 Å². The van der Waals surface area contributed by atoms with Crippen LogP contribution in [0.3, 0.4) is 0 Å². The Morgan fingerprint density at radius 1 is 1.15 bits per heavy atom. The third-order valence-corrected chi connectivity index (χ3v) is 5.27. The number of thioether (sulfide) groups is 1. The maximum atomic E-state index is 11.6. The van der Waals surface area contributed by atoms with E-state index in [4.69, 9.17) is 4.74 Å². The molecule has 0 aliphatic rings. The third kappa shape index (κ3) is 3.21. The minimum absolute atomic E-state index is 0.175. The smallest absolute Gasteiger partial charge is 0.316 e. The van der Waals surface area contributed by atoms with E-state index >= 15 is 0 Å². The van der Waals surface area contributed by atoms with Crippen LogP contribution < -0.4 is 0 Å². The van der Waals surface area contributed by atoms with Gasteiger partial charge in [0.25, 0.3) is 0 Å². The minimum atomic E-state index is -0.298. The molecule has 0 saturated carbocycles. The van der Waals surface area contributed by atoms with Crippen LogP contribution in [0, 0.1) is 6.92 Å². The van der Waals surface area contributed by atoms with Crippen LogP contribution in [0.2, 0.25) is 0 Å². The van der Waals surface area contributed by atoms with Gasteiger partial charge >= 0.3 is 5.97 Å². The molecule has 7 heteroatoms. The molecule has 4 aromatic rings. The summed E-state index contributed by atoms with van der Waals surface area (Å²) in [4.78, 5) is 14.9. The highest BCUT2D eigenvalue weighted by molar-refractivity contribution is 7.99. The van der Waals surface area contributed by atoms with E-state index < -0.39 is 0 Å². The Balaban J connectivity index is 1.88. The second kappa shape index (κ2) is 7.28. The number of carbonyl (C=O) groups excluding carboxylic acids is 1. The summed E-state index contributed by atoms with van der Waals surface area (Å²) in [6.45, 7) is 2.04. The topological polar surface area (TPSA) is 72.8 Å². The first-order chi connectivity index (χ1) is 13.2. The third-order valence-electron chi connectivity index (χ3n) is 4.37. The highest BCUT2D eigenvalue weighted by Crippen LogP contribution is 2.33. The number of methoxy groups -OCH3 is 1. The highest BCUT2D eigenvalue weighted by Gasteiger charge is 2.20. The van der Waals surface area contributed by atoms with Crippen LogP contribution in [-0.2, 0) is 9.53 Å². The zero-order chi connectivity index (χ0) is 18.8. The second-order valence-electron chi connectivity index (χ2n) is 6.04. The number of hydrogen-bond donors (Lipinski definition) is 1. The van der Waals surface area contributed by atoms with Crippen molar-refractivity contribution >= 4 is 28.6 Å². The Morgan fingerprint density at radius 2 is 1.93 bits per heavy atom. The first-order valence-corrected chi connectivity index (χ1v) is 9.45. The number of benzene rings is 2. The van der Waals surface area contributed by atoms with E-state index in [1.54, 1.807) is 0 Å². The zero-order valence-electron chi connectivity index (χ0n) is 15.0. The lowest BCUT2D eigenvalue weighted by atomic mass is 10.1. The Labute approximate surface area is 160 Å². The molecule has 136 valence electrons. The SMILES string of the molecule is COC(=O)CSc1nnc(-c2c[nH]c3ccccc23)n1-c1ccccc1C. The van der Waals surface area contributed by atoms with Crippen LogP contribution in [-0.4, -0.2) is 38.6 Å². The maximum absolute atomic E-state index is 11.6. The molecule has 6 nitrogen and oxygen atoms in total. The first-order valence-electron chi connectivity index (χ1n) is 8.46. The maximum Gasteiger partial charge on any atom is 0.316 e. The summed E-state index contributed by atoms with van der Waals surface area (Å²) >= 11 is 1.31. The molecule has 0 fully saturated rings. The van der Waals surface area contributed by atoms with Crippen molar-refractivity contribution in [3.05, 3.63) is 60.3 Å². The zero-order valence-corrected chi connectivity index (χ0v) is 15.8. The van der Waals surface area contributed by atoms with E-state index in [1.807, 2.05) is 60.2 Å². The molecular weight excluding hydrogens is 360 g/mol. The van der Waals surface area contributed by atoms with Gasteiger partial charge in [0.05, 0.1) is 18.6 Å². The predicted molar refractivity (Wildman–Crippen MR) is 106 cm³/mol. The van der Waals surface area contributed by atoms with Gasteiger partial charge < -0.3 is 9.72 Å². The quantitative estimate of drug-likeness (QED) is 0.420. The van der Waals surface area contributed by atoms with E-state index in [-0.39, 0.29) is 11.7 Å². The number of aryl methyl sites for hydroxylation is 1. The number of nitrogens with one attached hydrogen (secondary N) is 1. The number of para-hydroxylation sites is 2. The lowest BCUT2D eigenvalue weighted by Crippen LogP contribution is -2.06. The molecule has 27 heavy (non-hydrogen) atoms. The Bertz CT molecular complexity index is 1120. The van der Waals surface area contributed by atoms with E-state index in [0.29, 0.717) is 5.16 Å². The number of fused-ring (bicyclic) bond motifs is 1. The number of carbonyl (C=O) groups is 1. The van der Waals surface area contributed by atoms with Crippen molar-refractivity contribution in [3.63, 3.8) is 0 Å². The van der Waals surface area contributed by atoms with Crippen LogP contribution in [0.15, 0.2) is 59.9 Å². The molecule has 0 unspecified atom stereocenters. The van der Waals surface area contributed by atoms with Crippen molar-refractivity contribution in [2.75, 3.05) is 12.9 Å². The van der Waals surface area contributed by atoms with Crippen molar-refractivity contribution in [1.82, 2.24) is 19.7 Å². The van der Waals surface area contributed by atoms with Gasteiger partial charge in [0.2, 0.25) is 0 Å². The number of aromatic amines is 1. The summed E-state index contributed by atoms with van der Waals surface area (Å²) in [7, 11) is 1.38. The van der Waals surface area contributed by atoms with E-state index in [1.165, 1.54) is 18.9 Å². The number of hydrogen-bond acceptors (Lipinski definition) is 5. The number of aromatic nitrogens is 4. The van der Waals surface area contributed by atoms with Gasteiger partial charge in [-0.05, 0) is 24.6 Å². The fourth-order valence-corrected chi connectivity index (χ4v) is 3.79. The molecule has 0 saturated heterocycles. The molecule has 0 spiro atoms. The van der Waals surface area contributed by atoms with Gasteiger partial charge in [-0.3, -0.25) is 9.36 Å². The van der Waals surface area contributed by atoms with E-state index in [2.05, 4.69) is 21.2 Å².